The van der Waals surface area contributed by atoms with Crippen molar-refractivity contribution in [2.75, 3.05) is 0 Å². The molecule has 1 aliphatic heterocycles. The molecule has 4 aromatic carbocycles. The van der Waals surface area contributed by atoms with Crippen molar-refractivity contribution in [3.63, 3.8) is 0 Å². The summed E-state index contributed by atoms with van der Waals surface area (Å²) in [7, 11) is 0. The molecule has 1 N–H and O–H groups in total. The smallest absolute Gasteiger partial charge is 0.435 e. The highest BCUT2D eigenvalue weighted by Crippen LogP contribution is 2.50. The van der Waals surface area contributed by atoms with Crippen molar-refractivity contribution in [1.29, 1.82) is 0 Å². The third kappa shape index (κ3) is 12.7. The molecule has 1 heterocycles. The van der Waals surface area contributed by atoms with Crippen LogP contribution < -0.4 is 0 Å². The van der Waals surface area contributed by atoms with Crippen molar-refractivity contribution in [3.8, 4) is 0 Å². The fourth-order valence-corrected chi connectivity index (χ4v) is 7.03. The third-order valence-corrected chi connectivity index (χ3v) is 9.57. The number of halogens is 10. The molecule has 0 fully saturated rings. The number of hydrogen-bond donors (Lipinski definition) is 1. The average Bonchev–Trinajstić information content (AvgIpc) is 3.57. The van der Waals surface area contributed by atoms with Gasteiger partial charge < -0.3 is 19.5 Å². The van der Waals surface area contributed by atoms with Crippen molar-refractivity contribution < 1.29 is 55.5 Å². The number of hydrogen-bond acceptors (Lipinski definition) is 8. The van der Waals surface area contributed by atoms with E-state index in [9.17, 15) is 41.1 Å². The Kier molecular flexibility index (Phi) is 15.2. The maximum absolute atomic E-state index is 14.1. The molecule has 1 atom stereocenters. The Morgan fingerprint density at radius 2 is 1.18 bits per heavy atom. The molecule has 0 bridgehead atoms. The Morgan fingerprint density at radius 1 is 0.710 bits per heavy atom. The number of ether oxygens (including phenoxy) is 2. The average molecular weight is 949 g/mol. The summed E-state index contributed by atoms with van der Waals surface area (Å²) >= 11 is 23.5. The first-order chi connectivity index (χ1) is 28.4. The van der Waals surface area contributed by atoms with Crippen LogP contribution in [0.4, 0.5) is 26.3 Å². The fourth-order valence-electron chi connectivity index (χ4n) is 5.98. The minimum atomic E-state index is -4.78. The summed E-state index contributed by atoms with van der Waals surface area (Å²) < 4.78 is 94.2. The van der Waals surface area contributed by atoms with Crippen molar-refractivity contribution in [2.45, 2.75) is 91.0 Å². The van der Waals surface area contributed by atoms with Gasteiger partial charge in [-0.1, -0.05) is 68.8 Å². The summed E-state index contributed by atoms with van der Waals surface area (Å²) in [6.45, 7) is 13.7. The molecule has 0 aliphatic carbocycles. The van der Waals surface area contributed by atoms with Crippen LogP contribution in [0, 0.1) is 13.8 Å². The second-order valence-electron chi connectivity index (χ2n) is 16.1. The topological polar surface area (TPSA) is 107 Å². The fraction of sp³-hybridized carbons (Fsp3) is 0.318. The molecule has 8 nitrogen and oxygen atoms in total. The van der Waals surface area contributed by atoms with Gasteiger partial charge in [-0.05, 0) is 144 Å². The Morgan fingerprint density at radius 3 is 1.60 bits per heavy atom. The number of carbonyl (C=O) groups excluding carboxylic acids is 2. The van der Waals surface area contributed by atoms with Gasteiger partial charge in [0, 0.05) is 37.6 Å². The number of oxime groups is 2. The lowest BCUT2D eigenvalue weighted by Crippen LogP contribution is -2.42. The minimum Gasteiger partial charge on any atom is -0.456 e. The molecule has 1 aliphatic rings. The van der Waals surface area contributed by atoms with Crippen LogP contribution in [0.1, 0.15) is 102 Å². The first kappa shape index (κ1) is 49.9. The van der Waals surface area contributed by atoms with E-state index in [1.54, 1.807) is 61.5 Å². The zero-order chi connectivity index (χ0) is 46.7. The van der Waals surface area contributed by atoms with Gasteiger partial charge in [0.2, 0.25) is 0 Å². The van der Waals surface area contributed by atoms with Crippen LogP contribution in [-0.2, 0) is 19.9 Å². The number of allylic oxidation sites excluding steroid dienone is 2. The van der Waals surface area contributed by atoms with Gasteiger partial charge in [0.25, 0.3) is 5.60 Å². The molecule has 0 saturated heterocycles. The van der Waals surface area contributed by atoms with E-state index in [-0.39, 0.29) is 53.8 Å². The molecule has 18 heteroatoms. The monoisotopic (exact) mass is 946 g/mol. The van der Waals surface area contributed by atoms with Gasteiger partial charge >= 0.3 is 24.3 Å². The number of carbonyl (C=O) groups is 2. The highest BCUT2D eigenvalue weighted by Gasteiger charge is 2.62. The predicted molar refractivity (Wildman–Crippen MR) is 228 cm³/mol. The van der Waals surface area contributed by atoms with Gasteiger partial charge in [-0.3, -0.25) is 0 Å². The van der Waals surface area contributed by atoms with E-state index < -0.39 is 53.1 Å². The molecule has 0 saturated carbocycles. The summed E-state index contributed by atoms with van der Waals surface area (Å²) in [5, 5.41) is 16.3. The number of benzene rings is 4. The van der Waals surface area contributed by atoms with Gasteiger partial charge in [0.1, 0.15) is 16.9 Å². The van der Waals surface area contributed by atoms with Crippen LogP contribution in [0.15, 0.2) is 89.2 Å². The first-order valence-electron chi connectivity index (χ1n) is 18.4. The van der Waals surface area contributed by atoms with Gasteiger partial charge in [0.15, 0.2) is 0 Å². The lowest BCUT2D eigenvalue weighted by molar-refractivity contribution is -0.275. The number of rotatable bonds is 7. The van der Waals surface area contributed by atoms with Crippen molar-refractivity contribution in [3.05, 3.63) is 143 Å². The zero-order valence-corrected chi connectivity index (χ0v) is 37.4. The zero-order valence-electron chi connectivity index (χ0n) is 34.4. The molecule has 332 valence electrons. The minimum absolute atomic E-state index is 0.0256. The second kappa shape index (κ2) is 18.9. The van der Waals surface area contributed by atoms with Crippen LogP contribution in [0.2, 0.25) is 20.1 Å². The summed E-state index contributed by atoms with van der Waals surface area (Å²) in [4.78, 5) is 29.7. The second-order valence-corrected chi connectivity index (χ2v) is 17.8. The normalized spacial score (nSPS) is 16.2. The van der Waals surface area contributed by atoms with E-state index in [4.69, 9.17) is 60.7 Å². The Balaban J connectivity index is 0.000000273. The molecule has 0 aromatic heterocycles. The van der Waals surface area contributed by atoms with Gasteiger partial charge in [-0.25, -0.2) is 9.59 Å². The molecule has 1 unspecified atom stereocenters. The highest BCUT2D eigenvalue weighted by molar-refractivity contribution is 6.35. The molecule has 0 amide bonds. The number of alkyl halides is 6. The molecule has 62 heavy (non-hydrogen) atoms. The lowest BCUT2D eigenvalue weighted by Gasteiger charge is -2.29. The van der Waals surface area contributed by atoms with Gasteiger partial charge in [-0.2, -0.15) is 26.3 Å². The number of esters is 2. The van der Waals surface area contributed by atoms with Gasteiger partial charge in [0.05, 0.1) is 22.4 Å². The molecule has 4 aromatic rings. The van der Waals surface area contributed by atoms with Crippen LogP contribution in [0.5, 0.6) is 0 Å². The van der Waals surface area contributed by atoms with E-state index in [2.05, 4.69) is 10.3 Å². The Labute approximate surface area is 374 Å². The maximum Gasteiger partial charge on any atom is 0.435 e. The maximum atomic E-state index is 14.1. The SMILES string of the molecule is Cc1cc(C(/C=C(/c2cc(Cl)cc(Cl)c2)C(F)(F)F)=N\O)ccc1C(=O)OC(C)(C)C.Cc1cc(C2=NOC(c3cc(Cl)cc(Cl)c3)(C(F)(F)F)C2)ccc1C(=O)OC(C)(C)C. The lowest BCUT2D eigenvalue weighted by atomic mass is 9.86. The Hall–Kier alpha value is -4.76. The summed E-state index contributed by atoms with van der Waals surface area (Å²) in [5.74, 6) is -1.08. The van der Waals surface area contributed by atoms with E-state index in [1.807, 2.05) is 0 Å². The van der Waals surface area contributed by atoms with Crippen molar-refractivity contribution in [1.82, 2.24) is 0 Å². The first-order valence-corrected chi connectivity index (χ1v) is 19.9. The van der Waals surface area contributed by atoms with E-state index in [1.165, 1.54) is 42.5 Å². The molecular weight excluding hydrogens is 908 g/mol. The van der Waals surface area contributed by atoms with Crippen LogP contribution in [0.25, 0.3) is 5.57 Å². The van der Waals surface area contributed by atoms with E-state index >= 15 is 0 Å². The van der Waals surface area contributed by atoms with Gasteiger partial charge in [-0.15, -0.1) is 0 Å². The van der Waals surface area contributed by atoms with E-state index in [0.29, 0.717) is 28.3 Å². The molecule has 5 rings (SSSR count). The standard InChI is InChI=1S/2C22H20Cl2F3NO3/c1-12-7-13(5-6-17(12)19(29)30-20(2,3)4)18-11-21(31-28-18,22(25,26)27)14-8-15(23)10-16(24)9-14;1-12-7-13(5-6-17(12)20(29)31-21(2,3)4)19(28-30)11-18(22(25,26)27)14-8-15(23)10-16(24)9-14/h5-10H,11H2,1-4H3;5-11,30H,1-4H3/b;18-11-,28-19-. The summed E-state index contributed by atoms with van der Waals surface area (Å²) in [6.07, 6.45) is -9.45. The molecular formula is C44H40Cl4F6N2O6. The van der Waals surface area contributed by atoms with Crippen molar-refractivity contribution in [2.24, 2.45) is 10.3 Å². The number of aryl methyl sites for hydroxylation is 2. The molecule has 0 radical (unpaired) electrons. The summed E-state index contributed by atoms with van der Waals surface area (Å²) in [6, 6.07) is 16.0. The van der Waals surface area contributed by atoms with Crippen LogP contribution >= 0.6 is 46.4 Å². The number of nitrogens with zero attached hydrogens (tertiary/aromatic N) is 2. The highest BCUT2D eigenvalue weighted by atomic mass is 35.5. The predicted octanol–water partition coefficient (Wildman–Crippen LogP) is 13.9. The largest absolute Gasteiger partial charge is 0.456 e. The third-order valence-electron chi connectivity index (χ3n) is 8.70. The van der Waals surface area contributed by atoms with Crippen LogP contribution in [-0.4, -0.2) is 52.1 Å². The van der Waals surface area contributed by atoms with Crippen molar-refractivity contribution >= 4 is 75.3 Å². The summed E-state index contributed by atoms with van der Waals surface area (Å²) in [5.41, 5.74) is -3.84. The van der Waals surface area contributed by atoms with E-state index in [0.717, 1.165) is 24.3 Å². The van der Waals surface area contributed by atoms with Crippen LogP contribution in [0.3, 0.4) is 0 Å². The Bertz CT molecular complexity index is 2410. The quantitative estimate of drug-likeness (QED) is 0.0650. The molecule has 0 spiro atoms.